The number of nitrogens with one attached hydrogen (secondary N) is 1. The molecule has 0 fully saturated rings. The summed E-state index contributed by atoms with van der Waals surface area (Å²) in [7, 11) is 1.89. The van der Waals surface area contributed by atoms with E-state index in [9.17, 15) is 0 Å². The van der Waals surface area contributed by atoms with Crippen LogP contribution in [0.25, 0.3) is 10.8 Å². The molecule has 0 saturated carbocycles. The Hall–Kier alpha value is -0.646. The molecule has 6 heteroatoms. The van der Waals surface area contributed by atoms with Crippen LogP contribution in [-0.2, 0) is 23.7 Å². The normalized spacial score (nSPS) is 9.29. The van der Waals surface area contributed by atoms with Gasteiger partial charge in [0.15, 0.2) is 0 Å². The summed E-state index contributed by atoms with van der Waals surface area (Å²) in [5.74, 6) is 3.65. The Bertz CT molecular complexity index is 532. The number of alkyl halides is 1. The quantitative estimate of drug-likeness (QED) is 0.472. The van der Waals surface area contributed by atoms with Crippen LogP contribution in [0, 0.1) is 6.92 Å². The molecule has 0 amide bonds. The van der Waals surface area contributed by atoms with Crippen molar-refractivity contribution in [1.29, 1.82) is 0 Å². The van der Waals surface area contributed by atoms with Gasteiger partial charge in [0.25, 0.3) is 0 Å². The number of nitrogens with zero attached hydrogens (tertiary/aromatic N) is 1. The van der Waals surface area contributed by atoms with Crippen molar-refractivity contribution in [2.24, 2.45) is 0 Å². The van der Waals surface area contributed by atoms with Crippen LogP contribution in [0.5, 0.6) is 5.75 Å². The summed E-state index contributed by atoms with van der Waals surface area (Å²) in [5, 5.41) is 5.40. The third kappa shape index (κ3) is 5.57. The zero-order chi connectivity index (χ0) is 16.3. The molecule has 1 heterocycles. The van der Waals surface area contributed by atoms with Gasteiger partial charge >= 0.3 is 23.7 Å². The maximum absolute atomic E-state index is 8.25. The Kier molecular flexibility index (Phi) is 11.6. The number of aryl methyl sites for hydroxylation is 1. The van der Waals surface area contributed by atoms with E-state index in [1.54, 1.807) is 0 Å². The van der Waals surface area contributed by atoms with Crippen LogP contribution in [0.15, 0.2) is 18.2 Å². The van der Waals surface area contributed by atoms with Crippen molar-refractivity contribution in [3.05, 3.63) is 23.9 Å². The van der Waals surface area contributed by atoms with Crippen molar-refractivity contribution in [3.63, 3.8) is 0 Å². The minimum absolute atomic E-state index is 0.750. The molecule has 2 aromatic rings. The van der Waals surface area contributed by atoms with Gasteiger partial charge in [0.05, 0.1) is 6.61 Å². The summed E-state index contributed by atoms with van der Waals surface area (Å²) in [4.78, 5) is 4.51. The number of hydrogen-bond acceptors (Lipinski definition) is 3. The standard InChI is InChI=1S/C14H19N2O.CH3Br.O.Ti/c1-4-5-9-17-12-8-6-7-11-10(2)16-14(15-3)13(11)12;1-2;;/h6-8,15H,4-5,9H2,1-3H3;1H3;;/q-1;;;+1. The van der Waals surface area contributed by atoms with E-state index in [0.717, 1.165) is 62.5 Å². The molecular weight excluding hydrogens is 368 g/mol. The number of unbranched alkanes of at least 4 members (excludes halogenated alkanes) is 1. The molecule has 0 aliphatic carbocycles. The summed E-state index contributed by atoms with van der Waals surface area (Å²) in [6.45, 7) is 4.96. The number of hydrogen-bond donors (Lipinski definition) is 1. The van der Waals surface area contributed by atoms with Gasteiger partial charge in [0.2, 0.25) is 0 Å². The number of halogens is 1. The van der Waals surface area contributed by atoms with Crippen LogP contribution >= 0.6 is 15.9 Å². The third-order valence-electron chi connectivity index (χ3n) is 2.92. The Balaban J connectivity index is 0.000000921. The van der Waals surface area contributed by atoms with Crippen LogP contribution in [-0.4, -0.2) is 19.5 Å². The van der Waals surface area contributed by atoms with E-state index in [4.69, 9.17) is 8.06 Å². The molecule has 0 bridgehead atoms. The van der Waals surface area contributed by atoms with Gasteiger partial charge < -0.3 is 15.0 Å². The first-order valence-corrected chi connectivity index (χ1v) is 8.95. The van der Waals surface area contributed by atoms with E-state index in [-0.39, 0.29) is 0 Å². The second-order valence-corrected chi connectivity index (χ2v) is 4.18. The summed E-state index contributed by atoms with van der Waals surface area (Å²) < 4.78 is 14.1. The zero-order valence-electron chi connectivity index (χ0n) is 13.0. The molecule has 1 aromatic heterocycles. The molecule has 1 aromatic carbocycles. The summed E-state index contributed by atoms with van der Waals surface area (Å²) >= 11 is 3.69. The minimum atomic E-state index is 0.750. The van der Waals surface area contributed by atoms with Gasteiger partial charge in [-0.05, 0) is 30.6 Å². The van der Waals surface area contributed by atoms with Crippen molar-refractivity contribution in [2.45, 2.75) is 26.7 Å². The van der Waals surface area contributed by atoms with E-state index < -0.39 is 0 Å². The van der Waals surface area contributed by atoms with E-state index in [2.05, 4.69) is 39.2 Å². The third-order valence-corrected chi connectivity index (χ3v) is 2.92. The molecule has 0 aliphatic rings. The van der Waals surface area contributed by atoms with Crippen molar-refractivity contribution in [2.75, 3.05) is 24.8 Å². The first-order valence-electron chi connectivity index (χ1n) is 6.72. The summed E-state index contributed by atoms with van der Waals surface area (Å²) in [5.41, 5.74) is 1.05. The van der Waals surface area contributed by atoms with Crippen molar-refractivity contribution in [1.82, 2.24) is 4.98 Å². The van der Waals surface area contributed by atoms with Crippen LogP contribution in [0.1, 0.15) is 25.5 Å². The van der Waals surface area contributed by atoms with Crippen molar-refractivity contribution in [3.8, 4) is 5.75 Å². The van der Waals surface area contributed by atoms with Crippen molar-refractivity contribution < 1.29 is 28.5 Å². The van der Waals surface area contributed by atoms with Crippen LogP contribution in [0.4, 0.5) is 5.82 Å². The Morgan fingerprint density at radius 3 is 2.57 bits per heavy atom. The molecular formula is C15H22BrN2O2Ti. The van der Waals surface area contributed by atoms with Gasteiger partial charge in [-0.3, -0.25) is 0 Å². The Morgan fingerprint density at radius 1 is 1.33 bits per heavy atom. The topological polar surface area (TPSA) is 52.4 Å². The average molecular weight is 390 g/mol. The fourth-order valence-corrected chi connectivity index (χ4v) is 1.99. The molecule has 0 saturated heterocycles. The fraction of sp³-hybridized carbons (Fsp3) is 0.467. The number of anilines is 1. The summed E-state index contributed by atoms with van der Waals surface area (Å²) in [6.07, 6.45) is 2.23. The Labute approximate surface area is 146 Å². The fourth-order valence-electron chi connectivity index (χ4n) is 1.99. The van der Waals surface area contributed by atoms with Crippen LogP contribution in [0.2, 0.25) is 0 Å². The van der Waals surface area contributed by atoms with Gasteiger partial charge in [-0.15, -0.1) is 0 Å². The summed E-state index contributed by atoms with van der Waals surface area (Å²) in [6, 6.07) is 6.13. The second kappa shape index (κ2) is 12.0. The molecule has 115 valence electrons. The van der Waals surface area contributed by atoms with Gasteiger partial charge in [0, 0.05) is 5.39 Å². The molecule has 0 spiro atoms. The van der Waals surface area contributed by atoms with E-state index in [1.165, 1.54) is 5.39 Å². The molecule has 0 atom stereocenters. The van der Waals surface area contributed by atoms with E-state index in [1.807, 2.05) is 31.9 Å². The van der Waals surface area contributed by atoms with E-state index in [0.29, 0.717) is 0 Å². The Morgan fingerprint density at radius 2 is 2.00 bits per heavy atom. The average Bonchev–Trinajstić information content (AvgIpc) is 2.89. The number of fused-ring (bicyclic) bond motifs is 1. The van der Waals surface area contributed by atoms with Gasteiger partial charge in [-0.1, -0.05) is 60.0 Å². The monoisotopic (exact) mass is 389 g/mol. The maximum atomic E-state index is 8.25. The zero-order valence-corrected chi connectivity index (χ0v) is 16.1. The van der Waals surface area contributed by atoms with Gasteiger partial charge in [-0.2, -0.15) is 0 Å². The first-order chi connectivity index (χ1) is 10.3. The van der Waals surface area contributed by atoms with Gasteiger partial charge in [-0.25, -0.2) is 0 Å². The molecule has 4 nitrogen and oxygen atoms in total. The predicted molar refractivity (Wildman–Crippen MR) is 87.5 cm³/mol. The van der Waals surface area contributed by atoms with E-state index >= 15 is 0 Å². The molecule has 0 radical (unpaired) electrons. The van der Waals surface area contributed by atoms with Crippen molar-refractivity contribution >= 4 is 32.5 Å². The SMILES string of the molecule is CBr.CCCCOc1cccc2c(C)[n-]c(NC)c12.[O]=[Ti+]. The molecule has 0 aliphatic heterocycles. The number of rotatable bonds is 5. The molecule has 0 unspecified atom stereocenters. The molecule has 1 N–H and O–H groups in total. The van der Waals surface area contributed by atoms with Gasteiger partial charge in [0.1, 0.15) is 5.75 Å². The van der Waals surface area contributed by atoms with Crippen LogP contribution in [0.3, 0.4) is 0 Å². The first kappa shape index (κ1) is 20.4. The number of benzene rings is 1. The van der Waals surface area contributed by atoms with Crippen LogP contribution < -0.4 is 15.0 Å². The number of aromatic nitrogens is 1. The molecule has 2 rings (SSSR count). The predicted octanol–water partition coefficient (Wildman–Crippen LogP) is 4.22. The second-order valence-electron chi connectivity index (χ2n) is 4.18. The molecule has 21 heavy (non-hydrogen) atoms. The number of ether oxygens (including phenoxy) is 1.